The van der Waals surface area contributed by atoms with Crippen molar-refractivity contribution in [1.82, 2.24) is 0 Å². The van der Waals surface area contributed by atoms with Gasteiger partial charge in [-0.25, -0.2) is 0 Å². The summed E-state index contributed by atoms with van der Waals surface area (Å²) in [6, 6.07) is 25.1. The van der Waals surface area contributed by atoms with E-state index in [-0.39, 0.29) is 11.8 Å². The van der Waals surface area contributed by atoms with Crippen LogP contribution in [0, 0.1) is 5.41 Å². The van der Waals surface area contributed by atoms with Crippen LogP contribution < -0.4 is 0 Å². The van der Waals surface area contributed by atoms with E-state index in [1.54, 1.807) is 38.5 Å². The first-order chi connectivity index (χ1) is 21.9. The smallest absolute Gasteiger partial charge is 0.107 e. The molecule has 2 aliphatic rings. The third-order valence-electron chi connectivity index (χ3n) is 9.49. The van der Waals surface area contributed by atoms with Gasteiger partial charge in [-0.2, -0.15) is 0 Å². The normalized spacial score (nSPS) is 18.9. The van der Waals surface area contributed by atoms with Gasteiger partial charge < -0.3 is 19.7 Å². The van der Waals surface area contributed by atoms with E-state index in [2.05, 4.69) is 98.1 Å². The number of aliphatic hydroxyl groups is 2. The molecular formula is C41H40O4. The topological polar surface area (TPSA) is 58.9 Å². The second kappa shape index (κ2) is 12.8. The zero-order valence-corrected chi connectivity index (χ0v) is 25.9. The maximum Gasteiger partial charge on any atom is 0.107 e. The first-order valence-corrected chi connectivity index (χ1v) is 15.4. The standard InChI is InChI=1S/C41H40O4/c1-5-23-41(24-6-2,37(42)21-19-31-33-17-9-13-27-11-7-15-29(39(27)33)25-35(31)44-3)38(43)22-20-32-34-18-10-14-28-12-8-16-30(40(28)34)26-36(32)45-4/h5-22,25-26,31-32,37-38,42-43H,1-2,23-24H2,3-4H3/b21-19+,22-20+. The zero-order valence-electron chi connectivity index (χ0n) is 25.9. The van der Waals surface area contributed by atoms with Gasteiger partial charge in [-0.15, -0.1) is 13.2 Å². The molecule has 0 saturated heterocycles. The van der Waals surface area contributed by atoms with Gasteiger partial charge >= 0.3 is 0 Å². The molecule has 0 spiro atoms. The van der Waals surface area contributed by atoms with Gasteiger partial charge in [-0.05, 0) is 68.8 Å². The lowest BCUT2D eigenvalue weighted by Crippen LogP contribution is -2.43. The molecule has 0 bridgehead atoms. The Hall–Kier alpha value is -4.64. The lowest BCUT2D eigenvalue weighted by Gasteiger charge is -2.39. The first-order valence-electron chi connectivity index (χ1n) is 15.4. The summed E-state index contributed by atoms with van der Waals surface area (Å²) in [5.41, 5.74) is 3.49. The molecule has 0 radical (unpaired) electrons. The van der Waals surface area contributed by atoms with Crippen molar-refractivity contribution in [2.75, 3.05) is 14.2 Å². The van der Waals surface area contributed by atoms with Crippen molar-refractivity contribution in [2.24, 2.45) is 5.41 Å². The van der Waals surface area contributed by atoms with E-state index < -0.39 is 17.6 Å². The SMILES string of the molecule is C=CCC(CC=C)(C(O)/C=C/C1C(OC)=Cc2cccc3cccc1c23)C(O)/C=C/C1C(OC)=Cc2cccc3cccc1c23. The highest BCUT2D eigenvalue weighted by Gasteiger charge is 2.41. The van der Waals surface area contributed by atoms with Crippen molar-refractivity contribution >= 4 is 33.7 Å². The summed E-state index contributed by atoms with van der Waals surface area (Å²) in [7, 11) is 3.36. The van der Waals surface area contributed by atoms with Gasteiger partial charge in [-0.1, -0.05) is 109 Å². The van der Waals surface area contributed by atoms with Gasteiger partial charge in [0.25, 0.3) is 0 Å². The molecule has 45 heavy (non-hydrogen) atoms. The van der Waals surface area contributed by atoms with Crippen molar-refractivity contribution < 1.29 is 19.7 Å². The molecule has 228 valence electrons. The zero-order chi connectivity index (χ0) is 31.6. The van der Waals surface area contributed by atoms with Crippen molar-refractivity contribution in [3.63, 3.8) is 0 Å². The highest BCUT2D eigenvalue weighted by Crippen LogP contribution is 2.44. The Labute approximate surface area is 265 Å². The van der Waals surface area contributed by atoms with Crippen molar-refractivity contribution in [3.05, 3.63) is 156 Å². The van der Waals surface area contributed by atoms with Gasteiger partial charge in [0.2, 0.25) is 0 Å². The first kappa shape index (κ1) is 30.4. The Morgan fingerprint density at radius 3 is 1.44 bits per heavy atom. The molecule has 0 saturated carbocycles. The molecule has 0 fully saturated rings. The molecule has 4 heteroatoms. The summed E-state index contributed by atoms with van der Waals surface area (Å²) in [6.45, 7) is 7.96. The van der Waals surface area contributed by atoms with E-state index >= 15 is 0 Å². The van der Waals surface area contributed by atoms with Gasteiger partial charge in [-0.3, -0.25) is 0 Å². The van der Waals surface area contributed by atoms with E-state index in [1.165, 1.54) is 10.8 Å². The maximum absolute atomic E-state index is 11.9. The van der Waals surface area contributed by atoms with Crippen molar-refractivity contribution in [2.45, 2.75) is 36.9 Å². The molecule has 2 aliphatic carbocycles. The Morgan fingerprint density at radius 1 is 0.667 bits per heavy atom. The molecule has 4 unspecified atom stereocenters. The molecule has 4 nitrogen and oxygen atoms in total. The Balaban J connectivity index is 1.34. The van der Waals surface area contributed by atoms with Crippen molar-refractivity contribution in [3.8, 4) is 0 Å². The predicted octanol–water partition coefficient (Wildman–Crippen LogP) is 8.84. The van der Waals surface area contributed by atoms with Crippen LogP contribution in [0.25, 0.3) is 33.7 Å². The van der Waals surface area contributed by atoms with Gasteiger partial charge in [0.1, 0.15) is 11.5 Å². The number of allylic oxidation sites excluding steroid dienone is 4. The van der Waals surface area contributed by atoms with Crippen LogP contribution in [-0.4, -0.2) is 36.6 Å². The fourth-order valence-electron chi connectivity index (χ4n) is 7.21. The molecule has 2 N–H and O–H groups in total. The highest BCUT2D eigenvalue weighted by atomic mass is 16.5. The minimum Gasteiger partial charge on any atom is -0.500 e. The molecule has 0 aromatic heterocycles. The minimum atomic E-state index is -1.00. The van der Waals surface area contributed by atoms with Gasteiger partial charge in [0.15, 0.2) is 0 Å². The fraction of sp³-hybridized carbons (Fsp3) is 0.220. The Bertz CT molecular complexity index is 1730. The summed E-state index contributed by atoms with van der Waals surface area (Å²) >= 11 is 0. The van der Waals surface area contributed by atoms with Crippen LogP contribution in [0.4, 0.5) is 0 Å². The summed E-state index contributed by atoms with van der Waals surface area (Å²) in [4.78, 5) is 0. The van der Waals surface area contributed by atoms with E-state index in [9.17, 15) is 10.2 Å². The highest BCUT2D eigenvalue weighted by molar-refractivity contribution is 5.97. The molecule has 4 aromatic rings. The third kappa shape index (κ3) is 5.35. The van der Waals surface area contributed by atoms with Crippen LogP contribution in [0.1, 0.15) is 46.9 Å². The molecule has 6 rings (SSSR count). The average Bonchev–Trinajstić information content (AvgIpc) is 3.07. The van der Waals surface area contributed by atoms with E-state index in [1.807, 2.05) is 12.2 Å². The second-order valence-corrected chi connectivity index (χ2v) is 11.9. The van der Waals surface area contributed by atoms with E-state index in [4.69, 9.17) is 9.47 Å². The number of rotatable bonds is 12. The summed E-state index contributed by atoms with van der Waals surface area (Å²) in [6.07, 6.45) is 14.0. The second-order valence-electron chi connectivity index (χ2n) is 11.9. The number of ether oxygens (including phenoxy) is 2. The number of benzene rings is 4. The van der Waals surface area contributed by atoms with Crippen LogP contribution in [0.5, 0.6) is 0 Å². The summed E-state index contributed by atoms with van der Waals surface area (Å²) in [5.74, 6) is 1.24. The summed E-state index contributed by atoms with van der Waals surface area (Å²) in [5, 5.41) is 28.5. The van der Waals surface area contributed by atoms with Crippen molar-refractivity contribution in [1.29, 1.82) is 0 Å². The lowest BCUT2D eigenvalue weighted by atomic mass is 9.70. The number of aliphatic hydroxyl groups excluding tert-OH is 2. The van der Waals surface area contributed by atoms with Crippen LogP contribution in [0.2, 0.25) is 0 Å². The molecule has 4 atom stereocenters. The third-order valence-corrected chi connectivity index (χ3v) is 9.49. The van der Waals surface area contributed by atoms with Crippen LogP contribution in [-0.2, 0) is 9.47 Å². The largest absolute Gasteiger partial charge is 0.500 e. The molecule has 0 amide bonds. The Morgan fingerprint density at radius 2 is 1.07 bits per heavy atom. The average molecular weight is 597 g/mol. The van der Waals surface area contributed by atoms with Gasteiger partial charge in [0.05, 0.1) is 38.3 Å². The maximum atomic E-state index is 11.9. The van der Waals surface area contributed by atoms with Gasteiger partial charge in [0, 0.05) is 5.41 Å². The number of hydrogen-bond acceptors (Lipinski definition) is 4. The number of methoxy groups -OCH3 is 2. The van der Waals surface area contributed by atoms with E-state index in [0.717, 1.165) is 44.5 Å². The fourth-order valence-corrected chi connectivity index (χ4v) is 7.21. The lowest BCUT2D eigenvalue weighted by molar-refractivity contribution is -0.0235. The quantitative estimate of drug-likeness (QED) is 0.161. The van der Waals surface area contributed by atoms with Crippen LogP contribution in [0.15, 0.2) is 134 Å². The number of hydrogen-bond donors (Lipinski definition) is 2. The van der Waals surface area contributed by atoms with Crippen LogP contribution in [0.3, 0.4) is 0 Å². The predicted molar refractivity (Wildman–Crippen MR) is 186 cm³/mol. The molecule has 0 heterocycles. The molecular weight excluding hydrogens is 556 g/mol. The minimum absolute atomic E-state index is 0.182. The molecule has 0 aliphatic heterocycles. The summed E-state index contributed by atoms with van der Waals surface area (Å²) < 4.78 is 11.7. The van der Waals surface area contributed by atoms with E-state index in [0.29, 0.717) is 12.8 Å². The molecule has 4 aromatic carbocycles. The Kier molecular flexibility index (Phi) is 8.62. The monoisotopic (exact) mass is 596 g/mol. The van der Waals surface area contributed by atoms with Crippen LogP contribution >= 0.6 is 0 Å².